The van der Waals surface area contributed by atoms with Gasteiger partial charge in [-0.05, 0) is 31.0 Å². The molecule has 0 spiro atoms. The molecule has 3 aromatic rings. The molecule has 0 saturated carbocycles. The topological polar surface area (TPSA) is 75.5 Å². The summed E-state index contributed by atoms with van der Waals surface area (Å²) in [6.07, 6.45) is 3.54. The van der Waals surface area contributed by atoms with Crippen molar-refractivity contribution in [2.75, 3.05) is 13.2 Å². The van der Waals surface area contributed by atoms with Crippen molar-refractivity contribution >= 4 is 16.8 Å². The molecule has 1 atom stereocenters. The second kappa shape index (κ2) is 7.17. The minimum Gasteiger partial charge on any atom is -0.467 e. The van der Waals surface area contributed by atoms with Gasteiger partial charge in [0.2, 0.25) is 5.56 Å². The van der Waals surface area contributed by atoms with Crippen molar-refractivity contribution in [3.05, 3.63) is 70.4 Å². The number of nitrogens with zero attached hydrogens (tertiary/aromatic N) is 1. The third kappa shape index (κ3) is 3.41. The number of aromatic nitrogens is 1. The Morgan fingerprint density at radius 3 is 2.88 bits per heavy atom. The third-order valence-electron chi connectivity index (χ3n) is 4.64. The number of H-pyrrole nitrogens is 1. The van der Waals surface area contributed by atoms with E-state index in [2.05, 4.69) is 4.98 Å². The van der Waals surface area contributed by atoms with Crippen molar-refractivity contribution < 1.29 is 13.9 Å². The van der Waals surface area contributed by atoms with Gasteiger partial charge in [-0.1, -0.05) is 18.2 Å². The van der Waals surface area contributed by atoms with Crippen LogP contribution in [-0.4, -0.2) is 35.0 Å². The van der Waals surface area contributed by atoms with Crippen LogP contribution in [0.4, 0.5) is 0 Å². The van der Waals surface area contributed by atoms with E-state index in [0.29, 0.717) is 29.9 Å². The summed E-state index contributed by atoms with van der Waals surface area (Å²) >= 11 is 0. The summed E-state index contributed by atoms with van der Waals surface area (Å²) in [6.45, 7) is 1.54. The highest BCUT2D eigenvalue weighted by atomic mass is 16.5. The molecule has 1 amide bonds. The number of para-hydroxylation sites is 1. The zero-order valence-corrected chi connectivity index (χ0v) is 14.3. The van der Waals surface area contributed by atoms with E-state index in [0.717, 1.165) is 24.8 Å². The van der Waals surface area contributed by atoms with E-state index in [-0.39, 0.29) is 17.6 Å². The Bertz CT molecular complexity index is 955. The van der Waals surface area contributed by atoms with Crippen LogP contribution >= 0.6 is 0 Å². The Morgan fingerprint density at radius 2 is 2.12 bits per heavy atom. The zero-order valence-electron chi connectivity index (χ0n) is 14.3. The third-order valence-corrected chi connectivity index (χ3v) is 4.64. The van der Waals surface area contributed by atoms with Crippen molar-refractivity contribution in [3.63, 3.8) is 0 Å². The predicted molar refractivity (Wildman–Crippen MR) is 97.0 cm³/mol. The number of hydrogen-bond donors (Lipinski definition) is 1. The summed E-state index contributed by atoms with van der Waals surface area (Å²) in [5.41, 5.74) is 0.759. The van der Waals surface area contributed by atoms with Gasteiger partial charge in [-0.25, -0.2) is 0 Å². The molecular formula is C20H20N2O4. The van der Waals surface area contributed by atoms with Gasteiger partial charge in [-0.3, -0.25) is 9.59 Å². The SMILES string of the molecule is O=C(c1cc(=O)[nH]c2ccccc12)N(Cc1ccco1)C[C@@H]1CCCO1. The number of benzene rings is 1. The van der Waals surface area contributed by atoms with E-state index >= 15 is 0 Å². The van der Waals surface area contributed by atoms with Crippen LogP contribution in [0, 0.1) is 0 Å². The Kier molecular flexibility index (Phi) is 4.58. The largest absolute Gasteiger partial charge is 0.467 e. The van der Waals surface area contributed by atoms with Crippen LogP contribution in [0.2, 0.25) is 0 Å². The Hall–Kier alpha value is -2.86. The fraction of sp³-hybridized carbons (Fsp3) is 0.300. The van der Waals surface area contributed by atoms with Crippen LogP contribution in [0.15, 0.2) is 57.9 Å². The number of aromatic amines is 1. The molecule has 3 heterocycles. The van der Waals surface area contributed by atoms with Gasteiger partial charge in [0, 0.05) is 30.1 Å². The molecule has 1 aromatic carbocycles. The van der Waals surface area contributed by atoms with Gasteiger partial charge >= 0.3 is 0 Å². The number of carbonyl (C=O) groups is 1. The first kappa shape index (κ1) is 16.6. The van der Waals surface area contributed by atoms with Crippen LogP contribution in [0.1, 0.15) is 29.0 Å². The Balaban J connectivity index is 1.70. The highest BCUT2D eigenvalue weighted by Crippen LogP contribution is 2.21. The van der Waals surface area contributed by atoms with E-state index in [9.17, 15) is 9.59 Å². The predicted octanol–water partition coefficient (Wildman–Crippen LogP) is 2.94. The highest BCUT2D eigenvalue weighted by Gasteiger charge is 2.25. The van der Waals surface area contributed by atoms with E-state index in [1.165, 1.54) is 6.07 Å². The average molecular weight is 352 g/mol. The summed E-state index contributed by atoms with van der Waals surface area (Å²) in [5, 5.41) is 0.730. The van der Waals surface area contributed by atoms with Gasteiger partial charge in [0.25, 0.3) is 5.91 Å². The number of nitrogens with one attached hydrogen (secondary N) is 1. The molecule has 0 unspecified atom stereocenters. The number of furan rings is 1. The van der Waals surface area contributed by atoms with Crippen molar-refractivity contribution in [2.24, 2.45) is 0 Å². The zero-order chi connectivity index (χ0) is 17.9. The minimum absolute atomic E-state index is 0.0159. The van der Waals surface area contributed by atoms with Crippen molar-refractivity contribution in [1.82, 2.24) is 9.88 Å². The second-order valence-corrected chi connectivity index (χ2v) is 6.49. The highest BCUT2D eigenvalue weighted by molar-refractivity contribution is 6.05. The first-order chi connectivity index (χ1) is 12.7. The van der Waals surface area contributed by atoms with Gasteiger partial charge < -0.3 is 19.0 Å². The van der Waals surface area contributed by atoms with Crippen LogP contribution in [0.25, 0.3) is 10.9 Å². The number of hydrogen-bond acceptors (Lipinski definition) is 4. The number of carbonyl (C=O) groups excluding carboxylic acids is 1. The van der Waals surface area contributed by atoms with Gasteiger partial charge in [0.1, 0.15) is 5.76 Å². The molecule has 26 heavy (non-hydrogen) atoms. The fourth-order valence-electron chi connectivity index (χ4n) is 3.40. The van der Waals surface area contributed by atoms with Crippen molar-refractivity contribution in [1.29, 1.82) is 0 Å². The molecule has 134 valence electrons. The number of pyridine rings is 1. The van der Waals surface area contributed by atoms with Crippen molar-refractivity contribution in [3.8, 4) is 0 Å². The number of rotatable bonds is 5. The van der Waals surface area contributed by atoms with E-state index < -0.39 is 0 Å². The molecule has 0 bridgehead atoms. The minimum atomic E-state index is -0.290. The van der Waals surface area contributed by atoms with Gasteiger partial charge in [0.15, 0.2) is 0 Å². The van der Waals surface area contributed by atoms with E-state index in [1.807, 2.05) is 24.3 Å². The second-order valence-electron chi connectivity index (χ2n) is 6.49. The molecular weight excluding hydrogens is 332 g/mol. The molecule has 0 radical (unpaired) electrons. The normalized spacial score (nSPS) is 16.8. The molecule has 1 aliphatic heterocycles. The summed E-state index contributed by atoms with van der Waals surface area (Å²) in [6, 6.07) is 12.3. The number of ether oxygens (including phenoxy) is 1. The van der Waals surface area contributed by atoms with Crippen LogP contribution < -0.4 is 5.56 Å². The lowest BCUT2D eigenvalue weighted by atomic mass is 10.1. The number of amides is 1. The Labute approximate surface area is 150 Å². The molecule has 2 aromatic heterocycles. The summed E-state index contributed by atoms with van der Waals surface area (Å²) in [7, 11) is 0. The first-order valence-corrected chi connectivity index (χ1v) is 8.76. The Morgan fingerprint density at radius 1 is 1.23 bits per heavy atom. The van der Waals surface area contributed by atoms with E-state index in [1.54, 1.807) is 23.3 Å². The van der Waals surface area contributed by atoms with Crippen LogP contribution in [0.5, 0.6) is 0 Å². The molecule has 6 nitrogen and oxygen atoms in total. The van der Waals surface area contributed by atoms with Gasteiger partial charge in [-0.15, -0.1) is 0 Å². The lowest BCUT2D eigenvalue weighted by Crippen LogP contribution is -2.37. The molecule has 1 aliphatic rings. The quantitative estimate of drug-likeness (QED) is 0.766. The summed E-state index contributed by atoms with van der Waals surface area (Å²) in [4.78, 5) is 29.8. The molecule has 0 aliphatic carbocycles. The molecule has 1 N–H and O–H groups in total. The van der Waals surface area contributed by atoms with E-state index in [4.69, 9.17) is 9.15 Å². The van der Waals surface area contributed by atoms with Crippen LogP contribution in [-0.2, 0) is 11.3 Å². The molecule has 6 heteroatoms. The lowest BCUT2D eigenvalue weighted by molar-refractivity contribution is 0.0493. The standard InChI is InChI=1S/C20H20N2O4/c23-19-11-17(16-7-1-2-8-18(16)21-19)20(24)22(12-14-5-3-9-25-14)13-15-6-4-10-26-15/h1-3,5,7-9,11,15H,4,6,10,12-13H2,(H,21,23)/t15-/m0/s1. The first-order valence-electron chi connectivity index (χ1n) is 8.76. The van der Waals surface area contributed by atoms with Crippen molar-refractivity contribution in [2.45, 2.75) is 25.5 Å². The molecule has 1 fully saturated rings. The monoisotopic (exact) mass is 352 g/mol. The lowest BCUT2D eigenvalue weighted by Gasteiger charge is -2.25. The maximum Gasteiger partial charge on any atom is 0.255 e. The summed E-state index contributed by atoms with van der Waals surface area (Å²) in [5.74, 6) is 0.504. The summed E-state index contributed by atoms with van der Waals surface area (Å²) < 4.78 is 11.1. The average Bonchev–Trinajstić information content (AvgIpc) is 3.34. The maximum absolute atomic E-state index is 13.3. The van der Waals surface area contributed by atoms with Crippen LogP contribution in [0.3, 0.4) is 0 Å². The number of fused-ring (bicyclic) bond motifs is 1. The molecule has 4 rings (SSSR count). The smallest absolute Gasteiger partial charge is 0.255 e. The van der Waals surface area contributed by atoms with Gasteiger partial charge in [0.05, 0.1) is 24.5 Å². The molecule has 1 saturated heterocycles. The van der Waals surface area contributed by atoms with Gasteiger partial charge in [-0.2, -0.15) is 0 Å². The maximum atomic E-state index is 13.3. The fourth-order valence-corrected chi connectivity index (χ4v) is 3.40.